The summed E-state index contributed by atoms with van der Waals surface area (Å²) in [5.41, 5.74) is 0.776. The van der Waals surface area contributed by atoms with E-state index in [1.54, 1.807) is 30.5 Å². The third-order valence-electron chi connectivity index (χ3n) is 2.58. The van der Waals surface area contributed by atoms with Crippen LogP contribution in [0.2, 0.25) is 10.0 Å². The van der Waals surface area contributed by atoms with Crippen molar-refractivity contribution < 1.29 is 4.74 Å². The monoisotopic (exact) mass is 290 g/mol. The summed E-state index contributed by atoms with van der Waals surface area (Å²) in [4.78, 5) is 8.11. The number of hydrogen-bond acceptors (Lipinski definition) is 3. The molecule has 1 aromatic heterocycles. The molecular formula is C14H8Cl2N2O. The van der Waals surface area contributed by atoms with Gasteiger partial charge in [0.05, 0.1) is 10.5 Å². The summed E-state index contributed by atoms with van der Waals surface area (Å²) in [5, 5.41) is 1.97. The van der Waals surface area contributed by atoms with E-state index in [4.69, 9.17) is 27.9 Å². The Balaban J connectivity index is 2.03. The van der Waals surface area contributed by atoms with Gasteiger partial charge < -0.3 is 4.74 Å². The first-order chi connectivity index (χ1) is 9.22. The summed E-state index contributed by atoms with van der Waals surface area (Å²) in [7, 11) is 0. The zero-order chi connectivity index (χ0) is 13.2. The lowest BCUT2D eigenvalue weighted by Gasteiger charge is -2.08. The lowest BCUT2D eigenvalue weighted by molar-refractivity contribution is 0.483. The normalized spacial score (nSPS) is 10.6. The molecule has 0 fully saturated rings. The molecule has 19 heavy (non-hydrogen) atoms. The molecule has 0 saturated carbocycles. The topological polar surface area (TPSA) is 35.0 Å². The average molecular weight is 291 g/mol. The van der Waals surface area contributed by atoms with E-state index in [1.807, 2.05) is 12.1 Å². The highest BCUT2D eigenvalue weighted by Crippen LogP contribution is 2.33. The minimum absolute atomic E-state index is 0.492. The number of benzene rings is 2. The summed E-state index contributed by atoms with van der Waals surface area (Å²) in [6, 6.07) is 10.7. The third kappa shape index (κ3) is 2.62. The van der Waals surface area contributed by atoms with Crippen LogP contribution in [0, 0.1) is 0 Å². The van der Waals surface area contributed by atoms with Gasteiger partial charge in [0.25, 0.3) is 0 Å². The number of hydrogen-bond donors (Lipinski definition) is 0. The molecule has 0 unspecified atom stereocenters. The molecular weight excluding hydrogens is 283 g/mol. The maximum Gasteiger partial charge on any atom is 0.146 e. The van der Waals surface area contributed by atoms with Crippen molar-refractivity contribution in [2.45, 2.75) is 0 Å². The van der Waals surface area contributed by atoms with Gasteiger partial charge in [-0.1, -0.05) is 29.3 Å². The molecule has 5 heteroatoms. The van der Waals surface area contributed by atoms with Gasteiger partial charge in [-0.25, -0.2) is 9.97 Å². The summed E-state index contributed by atoms with van der Waals surface area (Å²) < 4.78 is 5.73. The van der Waals surface area contributed by atoms with Crippen LogP contribution < -0.4 is 4.74 Å². The Kier molecular flexibility index (Phi) is 3.23. The van der Waals surface area contributed by atoms with Gasteiger partial charge in [-0.2, -0.15) is 0 Å². The largest absolute Gasteiger partial charge is 0.456 e. The molecule has 0 spiro atoms. The Bertz CT molecular complexity index is 746. The number of fused-ring (bicyclic) bond motifs is 1. The molecule has 3 rings (SSSR count). The maximum absolute atomic E-state index is 6.17. The summed E-state index contributed by atoms with van der Waals surface area (Å²) in [6.07, 6.45) is 3.19. The molecule has 1 heterocycles. The summed E-state index contributed by atoms with van der Waals surface area (Å²) in [5.74, 6) is 1.18. The van der Waals surface area contributed by atoms with Gasteiger partial charge in [0, 0.05) is 16.6 Å². The van der Waals surface area contributed by atoms with E-state index in [0.717, 1.165) is 10.9 Å². The van der Waals surface area contributed by atoms with Crippen molar-refractivity contribution in [2.24, 2.45) is 0 Å². The highest BCUT2D eigenvalue weighted by molar-refractivity contribution is 6.32. The number of halogens is 2. The third-order valence-corrected chi connectivity index (χ3v) is 3.11. The van der Waals surface area contributed by atoms with Crippen molar-refractivity contribution >= 4 is 34.1 Å². The molecule has 0 bridgehead atoms. The van der Waals surface area contributed by atoms with Crippen LogP contribution in [0.1, 0.15) is 0 Å². The fourth-order valence-electron chi connectivity index (χ4n) is 1.72. The van der Waals surface area contributed by atoms with Crippen LogP contribution in [0.3, 0.4) is 0 Å². The van der Waals surface area contributed by atoms with E-state index in [9.17, 15) is 0 Å². The first-order valence-corrected chi connectivity index (χ1v) is 6.31. The minimum atomic E-state index is 0.492. The minimum Gasteiger partial charge on any atom is -0.456 e. The average Bonchev–Trinajstić information content (AvgIpc) is 2.40. The number of ether oxygens (including phenoxy) is 1. The molecule has 0 saturated heterocycles. The maximum atomic E-state index is 6.17. The van der Waals surface area contributed by atoms with E-state index in [0.29, 0.717) is 21.5 Å². The van der Waals surface area contributed by atoms with Gasteiger partial charge in [-0.05, 0) is 30.3 Å². The van der Waals surface area contributed by atoms with Crippen molar-refractivity contribution in [3.05, 3.63) is 59.0 Å². The second kappa shape index (κ2) is 5.03. The molecule has 0 atom stereocenters. The quantitative estimate of drug-likeness (QED) is 0.684. The summed E-state index contributed by atoms with van der Waals surface area (Å²) in [6.45, 7) is 0. The molecule has 0 aliphatic carbocycles. The second-order valence-corrected chi connectivity index (χ2v) is 4.77. The van der Waals surface area contributed by atoms with Crippen LogP contribution in [-0.4, -0.2) is 9.97 Å². The Morgan fingerprint density at radius 3 is 2.79 bits per heavy atom. The van der Waals surface area contributed by atoms with Gasteiger partial charge in [0.2, 0.25) is 0 Å². The second-order valence-electron chi connectivity index (χ2n) is 3.92. The number of aromatic nitrogens is 2. The number of rotatable bonds is 2. The summed E-state index contributed by atoms with van der Waals surface area (Å²) >= 11 is 12.1. The predicted octanol–water partition coefficient (Wildman–Crippen LogP) is 4.73. The Labute approximate surface area is 119 Å². The van der Waals surface area contributed by atoms with Gasteiger partial charge in [-0.15, -0.1) is 0 Å². The Morgan fingerprint density at radius 1 is 1.05 bits per heavy atom. The van der Waals surface area contributed by atoms with Gasteiger partial charge in [-0.3, -0.25) is 0 Å². The van der Waals surface area contributed by atoms with Crippen molar-refractivity contribution in [3.63, 3.8) is 0 Å². The first kappa shape index (κ1) is 12.2. The molecule has 3 aromatic rings. The smallest absolute Gasteiger partial charge is 0.146 e. The van der Waals surface area contributed by atoms with Crippen molar-refractivity contribution in [1.29, 1.82) is 0 Å². The predicted molar refractivity (Wildman–Crippen MR) is 76.1 cm³/mol. The van der Waals surface area contributed by atoms with Gasteiger partial charge >= 0.3 is 0 Å². The molecule has 3 nitrogen and oxygen atoms in total. The molecule has 0 aliphatic heterocycles. The van der Waals surface area contributed by atoms with Crippen LogP contribution in [0.5, 0.6) is 11.5 Å². The van der Waals surface area contributed by atoms with Crippen LogP contribution >= 0.6 is 23.2 Å². The lowest BCUT2D eigenvalue weighted by Crippen LogP contribution is -1.87. The van der Waals surface area contributed by atoms with Crippen molar-refractivity contribution in [2.75, 3.05) is 0 Å². The lowest BCUT2D eigenvalue weighted by atomic mass is 10.2. The van der Waals surface area contributed by atoms with Crippen LogP contribution in [0.4, 0.5) is 0 Å². The van der Waals surface area contributed by atoms with E-state index in [2.05, 4.69) is 9.97 Å². The van der Waals surface area contributed by atoms with Gasteiger partial charge in [0.1, 0.15) is 17.8 Å². The fraction of sp³-hybridized carbons (Fsp3) is 0. The molecule has 94 valence electrons. The van der Waals surface area contributed by atoms with Crippen LogP contribution in [0.15, 0.2) is 48.9 Å². The van der Waals surface area contributed by atoms with Crippen molar-refractivity contribution in [3.8, 4) is 11.5 Å². The highest BCUT2D eigenvalue weighted by atomic mass is 35.5. The SMILES string of the molecule is Clc1cccc(Oc2cc3cncnc3cc2Cl)c1. The van der Waals surface area contributed by atoms with E-state index in [-0.39, 0.29) is 0 Å². The zero-order valence-corrected chi connectivity index (χ0v) is 11.2. The van der Waals surface area contributed by atoms with Crippen molar-refractivity contribution in [1.82, 2.24) is 9.97 Å². The Hall–Kier alpha value is -1.84. The zero-order valence-electron chi connectivity index (χ0n) is 9.68. The van der Waals surface area contributed by atoms with E-state index in [1.165, 1.54) is 6.33 Å². The van der Waals surface area contributed by atoms with E-state index >= 15 is 0 Å². The standard InChI is InChI=1S/C14H8Cl2N2O/c15-10-2-1-3-11(5-10)19-14-4-9-7-17-8-18-13(9)6-12(14)16/h1-8H. The molecule has 2 aromatic carbocycles. The molecule has 0 aliphatic rings. The molecule has 0 N–H and O–H groups in total. The highest BCUT2D eigenvalue weighted by Gasteiger charge is 2.07. The Morgan fingerprint density at radius 2 is 1.95 bits per heavy atom. The van der Waals surface area contributed by atoms with Gasteiger partial charge in [0.15, 0.2) is 0 Å². The fourth-order valence-corrected chi connectivity index (χ4v) is 2.10. The van der Waals surface area contributed by atoms with Crippen LogP contribution in [-0.2, 0) is 0 Å². The van der Waals surface area contributed by atoms with Crippen LogP contribution in [0.25, 0.3) is 10.9 Å². The molecule has 0 amide bonds. The number of nitrogens with zero attached hydrogens (tertiary/aromatic N) is 2. The first-order valence-electron chi connectivity index (χ1n) is 5.55. The molecule has 0 radical (unpaired) electrons. The van der Waals surface area contributed by atoms with E-state index < -0.39 is 0 Å².